The van der Waals surface area contributed by atoms with E-state index < -0.39 is 0 Å². The van der Waals surface area contributed by atoms with Crippen LogP contribution in [0.25, 0.3) is 0 Å². The Morgan fingerprint density at radius 3 is 2.56 bits per heavy atom. The maximum absolute atomic E-state index is 8.62. The predicted molar refractivity (Wildman–Crippen MR) is 66.7 cm³/mol. The van der Waals surface area contributed by atoms with Gasteiger partial charge in [0.2, 0.25) is 0 Å². The third-order valence-electron chi connectivity index (χ3n) is 3.68. The monoisotopic (exact) mass is 227 g/mol. The van der Waals surface area contributed by atoms with Gasteiger partial charge < -0.3 is 10.9 Å². The Hall–Kier alpha value is -0.770. The molecule has 0 saturated heterocycles. The molecule has 0 heterocycles. The van der Waals surface area contributed by atoms with Crippen LogP contribution in [0.3, 0.4) is 0 Å². The van der Waals surface area contributed by atoms with Crippen LogP contribution in [0.1, 0.15) is 46.0 Å². The molecule has 0 aliphatic heterocycles. The smallest absolute Gasteiger partial charge is 0.140 e. The number of amidine groups is 1. The summed E-state index contributed by atoms with van der Waals surface area (Å²) >= 11 is 0. The van der Waals surface area contributed by atoms with E-state index in [1.54, 1.807) is 0 Å². The van der Waals surface area contributed by atoms with Crippen LogP contribution in [0.15, 0.2) is 5.16 Å². The highest BCUT2D eigenvalue weighted by molar-refractivity contribution is 5.80. The number of nitrogens with two attached hydrogens (primary N) is 1. The van der Waals surface area contributed by atoms with Crippen molar-refractivity contribution in [3.8, 4) is 0 Å². The maximum atomic E-state index is 8.62. The molecule has 0 spiro atoms. The zero-order chi connectivity index (χ0) is 12.0. The number of oxime groups is 1. The van der Waals surface area contributed by atoms with Crippen molar-refractivity contribution in [3.63, 3.8) is 0 Å². The molecular formula is C12H25N3O. The minimum Gasteiger partial charge on any atom is -0.409 e. The van der Waals surface area contributed by atoms with Crippen LogP contribution < -0.4 is 5.73 Å². The molecule has 1 aliphatic carbocycles. The lowest BCUT2D eigenvalue weighted by molar-refractivity contribution is 0.137. The van der Waals surface area contributed by atoms with Gasteiger partial charge in [0, 0.05) is 19.0 Å². The number of rotatable bonds is 7. The third-order valence-corrected chi connectivity index (χ3v) is 3.68. The Morgan fingerprint density at radius 1 is 1.50 bits per heavy atom. The van der Waals surface area contributed by atoms with Crippen molar-refractivity contribution >= 4 is 5.84 Å². The van der Waals surface area contributed by atoms with Crippen molar-refractivity contribution in [2.45, 2.75) is 52.0 Å². The molecule has 1 rings (SSSR count). The van der Waals surface area contributed by atoms with Gasteiger partial charge in [0.1, 0.15) is 5.84 Å². The minimum atomic E-state index is 0.346. The summed E-state index contributed by atoms with van der Waals surface area (Å²) in [6.07, 6.45) is 5.86. The van der Waals surface area contributed by atoms with Gasteiger partial charge in [-0.15, -0.1) is 0 Å². The van der Waals surface area contributed by atoms with E-state index in [4.69, 9.17) is 10.9 Å². The molecule has 1 unspecified atom stereocenters. The van der Waals surface area contributed by atoms with E-state index in [0.717, 1.165) is 18.9 Å². The van der Waals surface area contributed by atoms with Crippen LogP contribution >= 0.6 is 0 Å². The Morgan fingerprint density at radius 2 is 2.19 bits per heavy atom. The topological polar surface area (TPSA) is 61.9 Å². The molecule has 0 aromatic heterocycles. The summed E-state index contributed by atoms with van der Waals surface area (Å²) in [5.41, 5.74) is 5.59. The fourth-order valence-corrected chi connectivity index (χ4v) is 2.36. The van der Waals surface area contributed by atoms with Gasteiger partial charge in [0.15, 0.2) is 0 Å². The normalized spacial score (nSPS) is 19.8. The lowest BCUT2D eigenvalue weighted by Gasteiger charge is -2.36. The van der Waals surface area contributed by atoms with Gasteiger partial charge >= 0.3 is 0 Å². The SMILES string of the molecule is CCC(CC(N)=NO)N(CC)CC1CCC1. The molecule has 0 radical (unpaired) electrons. The van der Waals surface area contributed by atoms with Crippen LogP contribution in [-0.4, -0.2) is 35.1 Å². The molecule has 0 amide bonds. The quantitative estimate of drug-likeness (QED) is 0.303. The third kappa shape index (κ3) is 3.67. The van der Waals surface area contributed by atoms with Crippen LogP contribution in [-0.2, 0) is 0 Å². The Labute approximate surface area is 98.5 Å². The lowest BCUT2D eigenvalue weighted by Crippen LogP contribution is -2.42. The summed E-state index contributed by atoms with van der Waals surface area (Å²) in [5.74, 6) is 1.22. The van der Waals surface area contributed by atoms with E-state index in [0.29, 0.717) is 18.3 Å². The van der Waals surface area contributed by atoms with Crippen LogP contribution in [0.2, 0.25) is 0 Å². The number of hydrogen-bond acceptors (Lipinski definition) is 3. The van der Waals surface area contributed by atoms with Crippen molar-refractivity contribution in [2.75, 3.05) is 13.1 Å². The molecule has 4 nitrogen and oxygen atoms in total. The van der Waals surface area contributed by atoms with E-state index in [-0.39, 0.29) is 0 Å². The molecule has 0 bridgehead atoms. The van der Waals surface area contributed by atoms with E-state index in [1.807, 2.05) is 0 Å². The van der Waals surface area contributed by atoms with Crippen molar-refractivity contribution in [1.82, 2.24) is 4.90 Å². The van der Waals surface area contributed by atoms with Crippen molar-refractivity contribution in [2.24, 2.45) is 16.8 Å². The van der Waals surface area contributed by atoms with E-state index in [9.17, 15) is 0 Å². The molecule has 16 heavy (non-hydrogen) atoms. The summed E-state index contributed by atoms with van der Waals surface area (Å²) < 4.78 is 0. The highest BCUT2D eigenvalue weighted by Crippen LogP contribution is 2.28. The average Bonchev–Trinajstić information content (AvgIpc) is 2.25. The molecule has 0 aromatic rings. The highest BCUT2D eigenvalue weighted by atomic mass is 16.4. The molecule has 94 valence electrons. The first kappa shape index (κ1) is 13.3. The summed E-state index contributed by atoms with van der Waals surface area (Å²) in [6, 6.07) is 0.418. The van der Waals surface area contributed by atoms with Gasteiger partial charge in [-0.25, -0.2) is 0 Å². The van der Waals surface area contributed by atoms with Crippen molar-refractivity contribution in [1.29, 1.82) is 0 Å². The molecule has 0 aromatic carbocycles. The van der Waals surface area contributed by atoms with Gasteiger partial charge in [-0.3, -0.25) is 4.90 Å². The van der Waals surface area contributed by atoms with Gasteiger partial charge in [0.25, 0.3) is 0 Å². The maximum Gasteiger partial charge on any atom is 0.140 e. The predicted octanol–water partition coefficient (Wildman–Crippen LogP) is 2.02. The average molecular weight is 227 g/mol. The second-order valence-electron chi connectivity index (χ2n) is 4.74. The van der Waals surface area contributed by atoms with Gasteiger partial charge in [-0.1, -0.05) is 25.4 Å². The first-order valence-corrected chi connectivity index (χ1v) is 6.41. The number of hydrogen-bond donors (Lipinski definition) is 2. The largest absolute Gasteiger partial charge is 0.409 e. The second kappa shape index (κ2) is 6.74. The van der Waals surface area contributed by atoms with Gasteiger partial charge in [-0.05, 0) is 31.7 Å². The standard InChI is InChI=1S/C12H25N3O/c1-3-11(8-12(13)14-16)15(4-2)9-10-6-5-7-10/h10-11,16H,3-9H2,1-2H3,(H2,13,14). The molecule has 3 N–H and O–H groups in total. The fourth-order valence-electron chi connectivity index (χ4n) is 2.36. The fraction of sp³-hybridized carbons (Fsp3) is 0.917. The second-order valence-corrected chi connectivity index (χ2v) is 4.74. The van der Waals surface area contributed by atoms with Crippen molar-refractivity contribution in [3.05, 3.63) is 0 Å². The minimum absolute atomic E-state index is 0.346. The highest BCUT2D eigenvalue weighted by Gasteiger charge is 2.24. The van der Waals surface area contributed by atoms with Crippen LogP contribution in [0.4, 0.5) is 0 Å². The van der Waals surface area contributed by atoms with E-state index >= 15 is 0 Å². The lowest BCUT2D eigenvalue weighted by atomic mass is 9.84. The molecule has 4 heteroatoms. The van der Waals surface area contributed by atoms with Gasteiger partial charge in [0.05, 0.1) is 0 Å². The first-order valence-electron chi connectivity index (χ1n) is 6.41. The molecule has 1 atom stereocenters. The first-order chi connectivity index (χ1) is 7.71. The van der Waals surface area contributed by atoms with Crippen LogP contribution in [0.5, 0.6) is 0 Å². The molecule has 1 fully saturated rings. The summed E-state index contributed by atoms with van der Waals surface area (Å²) in [4.78, 5) is 2.47. The van der Waals surface area contributed by atoms with Crippen molar-refractivity contribution < 1.29 is 5.21 Å². The molecular weight excluding hydrogens is 202 g/mol. The Bertz CT molecular complexity index is 226. The molecule has 1 saturated carbocycles. The van der Waals surface area contributed by atoms with E-state index in [2.05, 4.69) is 23.9 Å². The number of nitrogens with zero attached hydrogens (tertiary/aromatic N) is 2. The van der Waals surface area contributed by atoms with Crippen LogP contribution in [0, 0.1) is 5.92 Å². The Kier molecular flexibility index (Phi) is 5.60. The zero-order valence-electron chi connectivity index (χ0n) is 10.5. The summed E-state index contributed by atoms with van der Waals surface area (Å²) in [5, 5.41) is 11.7. The van der Waals surface area contributed by atoms with Gasteiger partial charge in [-0.2, -0.15) is 0 Å². The van der Waals surface area contributed by atoms with E-state index in [1.165, 1.54) is 25.8 Å². The summed E-state index contributed by atoms with van der Waals surface area (Å²) in [6.45, 7) is 6.58. The Balaban J connectivity index is 2.45. The zero-order valence-corrected chi connectivity index (χ0v) is 10.5. The molecule has 1 aliphatic rings. The summed E-state index contributed by atoms with van der Waals surface area (Å²) in [7, 11) is 0.